The smallest absolute Gasteiger partial charge is 0.252 e. The van der Waals surface area contributed by atoms with Gasteiger partial charge in [-0.1, -0.05) is 0 Å². The molecule has 1 aromatic heterocycles. The summed E-state index contributed by atoms with van der Waals surface area (Å²) in [7, 11) is 0. The molecule has 0 aliphatic carbocycles. The number of alkyl halides is 3. The van der Waals surface area contributed by atoms with Crippen molar-refractivity contribution in [3.8, 4) is 0 Å². The molecule has 1 aromatic rings. The summed E-state index contributed by atoms with van der Waals surface area (Å²) in [5.74, 6) is -0.0349. The molecule has 68 valence electrons. The van der Waals surface area contributed by atoms with Crippen molar-refractivity contribution in [1.82, 2.24) is 14.8 Å². The van der Waals surface area contributed by atoms with Gasteiger partial charge in [-0.2, -0.15) is 18.3 Å². The zero-order chi connectivity index (χ0) is 9.03. The number of hydrogen-bond acceptors (Lipinski definition) is 3. The molecule has 0 atom stereocenters. The highest BCUT2D eigenvalue weighted by Crippen LogP contribution is 2.29. The van der Waals surface area contributed by atoms with Crippen molar-refractivity contribution in [2.45, 2.75) is 12.1 Å². The van der Waals surface area contributed by atoms with E-state index in [0.717, 1.165) is 0 Å². The van der Waals surface area contributed by atoms with Crippen LogP contribution in [0.2, 0.25) is 0 Å². The van der Waals surface area contributed by atoms with Crippen molar-refractivity contribution in [3.05, 3.63) is 12.7 Å². The fourth-order valence-corrected chi connectivity index (χ4v) is 1.11. The quantitative estimate of drug-likeness (QED) is 0.736. The normalized spacial score (nSPS) is 11.9. The van der Waals surface area contributed by atoms with Crippen molar-refractivity contribution in [3.63, 3.8) is 0 Å². The molecule has 0 saturated heterocycles. The molecule has 0 bridgehead atoms. The number of hydrogen-bond donors (Lipinski definition) is 0. The average Bonchev–Trinajstić information content (AvgIpc) is 2.36. The van der Waals surface area contributed by atoms with Gasteiger partial charge in [0.1, 0.15) is 12.7 Å². The number of aryl methyl sites for hydroxylation is 1. The van der Waals surface area contributed by atoms with Crippen LogP contribution in [-0.2, 0) is 6.54 Å². The Kier molecular flexibility index (Phi) is 2.96. The highest BCUT2D eigenvalue weighted by molar-refractivity contribution is 8.00. The van der Waals surface area contributed by atoms with Crippen LogP contribution in [0.3, 0.4) is 0 Å². The molecule has 0 aliphatic heterocycles. The first-order chi connectivity index (χ1) is 5.58. The van der Waals surface area contributed by atoms with Gasteiger partial charge in [-0.15, -0.1) is 0 Å². The molecule has 12 heavy (non-hydrogen) atoms. The van der Waals surface area contributed by atoms with Gasteiger partial charge in [0.25, 0.3) is 0 Å². The van der Waals surface area contributed by atoms with Crippen LogP contribution in [-0.4, -0.2) is 26.0 Å². The predicted molar refractivity (Wildman–Crippen MR) is 38.5 cm³/mol. The fourth-order valence-electron chi connectivity index (χ4n) is 0.603. The van der Waals surface area contributed by atoms with Crippen molar-refractivity contribution >= 4 is 11.8 Å². The van der Waals surface area contributed by atoms with Crippen molar-refractivity contribution in [2.24, 2.45) is 0 Å². The Labute approximate surface area is 71.0 Å². The zero-order valence-corrected chi connectivity index (χ0v) is 6.77. The first-order valence-electron chi connectivity index (χ1n) is 3.11. The van der Waals surface area contributed by atoms with Crippen molar-refractivity contribution in [2.75, 3.05) is 5.75 Å². The summed E-state index contributed by atoms with van der Waals surface area (Å²) in [5.41, 5.74) is -4.15. The maximum Gasteiger partial charge on any atom is 0.441 e. The summed E-state index contributed by atoms with van der Waals surface area (Å²) in [6.45, 7) is 0.226. The van der Waals surface area contributed by atoms with Gasteiger partial charge in [-0.3, -0.25) is 4.68 Å². The molecule has 0 spiro atoms. The lowest BCUT2D eigenvalue weighted by Crippen LogP contribution is -2.07. The van der Waals surface area contributed by atoms with E-state index in [9.17, 15) is 13.2 Å². The van der Waals surface area contributed by atoms with Gasteiger partial charge in [0.2, 0.25) is 0 Å². The molecule has 0 radical (unpaired) electrons. The molecule has 7 heteroatoms. The van der Waals surface area contributed by atoms with E-state index >= 15 is 0 Å². The number of nitrogens with zero attached hydrogens (tertiary/aromatic N) is 3. The molecule has 1 heterocycles. The van der Waals surface area contributed by atoms with Crippen molar-refractivity contribution in [1.29, 1.82) is 0 Å². The van der Waals surface area contributed by atoms with Gasteiger partial charge < -0.3 is 0 Å². The highest BCUT2D eigenvalue weighted by atomic mass is 32.2. The summed E-state index contributed by atoms with van der Waals surface area (Å²) >= 11 is -0.0568. The Morgan fingerprint density at radius 1 is 1.42 bits per heavy atom. The SMILES string of the molecule is FC(F)(F)SCCn1cncn1. The topological polar surface area (TPSA) is 30.7 Å². The van der Waals surface area contributed by atoms with Gasteiger partial charge >= 0.3 is 5.51 Å². The minimum atomic E-state index is -4.15. The van der Waals surface area contributed by atoms with Crippen LogP contribution in [0.1, 0.15) is 0 Å². The van der Waals surface area contributed by atoms with E-state index in [1.165, 1.54) is 17.3 Å². The van der Waals surface area contributed by atoms with E-state index < -0.39 is 5.51 Å². The summed E-state index contributed by atoms with van der Waals surface area (Å²) in [6.07, 6.45) is 2.68. The molecule has 0 aromatic carbocycles. The third kappa shape index (κ3) is 3.61. The second kappa shape index (κ2) is 3.79. The van der Waals surface area contributed by atoms with Crippen LogP contribution in [0.25, 0.3) is 0 Å². The Hall–Kier alpha value is -0.720. The molecule has 0 saturated carbocycles. The summed E-state index contributed by atoms with van der Waals surface area (Å²) in [6, 6.07) is 0. The van der Waals surface area contributed by atoms with Crippen LogP contribution >= 0.6 is 11.8 Å². The summed E-state index contributed by atoms with van der Waals surface area (Å²) < 4.78 is 36.2. The van der Waals surface area contributed by atoms with E-state index in [-0.39, 0.29) is 24.1 Å². The average molecular weight is 197 g/mol. The minimum Gasteiger partial charge on any atom is -0.252 e. The second-order valence-corrected chi connectivity index (χ2v) is 3.11. The maximum absolute atomic E-state index is 11.6. The highest BCUT2D eigenvalue weighted by Gasteiger charge is 2.27. The van der Waals surface area contributed by atoms with Gasteiger partial charge in [-0.25, -0.2) is 4.98 Å². The lowest BCUT2D eigenvalue weighted by Gasteiger charge is -2.04. The van der Waals surface area contributed by atoms with Crippen LogP contribution in [0, 0.1) is 0 Å². The molecular formula is C5H6F3N3S. The Balaban J connectivity index is 2.20. The third-order valence-electron chi connectivity index (χ3n) is 1.05. The molecule has 0 unspecified atom stereocenters. The predicted octanol–water partition coefficient (Wildman–Crippen LogP) is 1.53. The van der Waals surface area contributed by atoms with Crippen LogP contribution < -0.4 is 0 Å². The van der Waals surface area contributed by atoms with Gasteiger partial charge in [0, 0.05) is 5.75 Å². The Morgan fingerprint density at radius 3 is 2.67 bits per heavy atom. The van der Waals surface area contributed by atoms with Crippen LogP contribution in [0.4, 0.5) is 13.2 Å². The summed E-state index contributed by atoms with van der Waals surface area (Å²) in [5, 5.41) is 3.66. The van der Waals surface area contributed by atoms with E-state index in [1.807, 2.05) is 0 Å². The first kappa shape index (κ1) is 9.37. The van der Waals surface area contributed by atoms with E-state index in [4.69, 9.17) is 0 Å². The first-order valence-corrected chi connectivity index (χ1v) is 4.09. The standard InChI is InChI=1S/C5H6F3N3S/c6-5(7,8)12-2-1-11-4-9-3-10-11/h3-4H,1-2H2. The maximum atomic E-state index is 11.6. The molecule has 3 nitrogen and oxygen atoms in total. The van der Waals surface area contributed by atoms with Gasteiger partial charge in [0.15, 0.2) is 0 Å². The van der Waals surface area contributed by atoms with Crippen molar-refractivity contribution < 1.29 is 13.2 Å². The number of thioether (sulfide) groups is 1. The van der Waals surface area contributed by atoms with E-state index in [1.54, 1.807) is 0 Å². The molecule has 1 rings (SSSR count). The molecule has 0 amide bonds. The Bertz CT molecular complexity index is 220. The monoisotopic (exact) mass is 197 g/mol. The van der Waals surface area contributed by atoms with Gasteiger partial charge in [-0.05, 0) is 11.8 Å². The van der Waals surface area contributed by atoms with E-state index in [2.05, 4.69) is 10.1 Å². The van der Waals surface area contributed by atoms with E-state index in [0.29, 0.717) is 0 Å². The minimum absolute atomic E-state index is 0.0349. The molecule has 0 aliphatic rings. The van der Waals surface area contributed by atoms with Gasteiger partial charge in [0.05, 0.1) is 6.54 Å². The lowest BCUT2D eigenvalue weighted by atomic mass is 10.8. The number of halogens is 3. The third-order valence-corrected chi connectivity index (χ3v) is 1.77. The fraction of sp³-hybridized carbons (Fsp3) is 0.600. The van der Waals surface area contributed by atoms with Crippen LogP contribution in [0.5, 0.6) is 0 Å². The summed E-state index contributed by atoms with van der Waals surface area (Å²) in [4.78, 5) is 3.60. The Morgan fingerprint density at radius 2 is 2.17 bits per heavy atom. The second-order valence-electron chi connectivity index (χ2n) is 1.95. The molecule has 0 N–H and O–H groups in total. The lowest BCUT2D eigenvalue weighted by molar-refractivity contribution is -0.0328. The largest absolute Gasteiger partial charge is 0.441 e. The molecule has 0 fully saturated rings. The zero-order valence-electron chi connectivity index (χ0n) is 5.95. The molecular weight excluding hydrogens is 191 g/mol. The van der Waals surface area contributed by atoms with Crippen LogP contribution in [0.15, 0.2) is 12.7 Å². The number of aromatic nitrogens is 3. The number of rotatable bonds is 3.